The molecule has 4 aromatic rings. The number of nitriles is 1. The van der Waals surface area contributed by atoms with Gasteiger partial charge in [-0.2, -0.15) is 28.4 Å². The van der Waals surface area contributed by atoms with Crippen LogP contribution in [0.15, 0.2) is 18.2 Å². The quantitative estimate of drug-likeness (QED) is 0.186. The number of carbonyl (C=O) groups excluding carboxylic acids is 1. The number of amides is 1. The minimum absolute atomic E-state index is 0.0293. The second kappa shape index (κ2) is 13.8. The van der Waals surface area contributed by atoms with E-state index in [9.17, 15) is 18.8 Å². The molecule has 4 unspecified atom stereocenters. The molecule has 2 aromatic heterocycles. The number of carbonyl (C=O) groups is 1. The van der Waals surface area contributed by atoms with E-state index in [2.05, 4.69) is 9.97 Å². The maximum Gasteiger partial charge on any atom is 0.417 e. The van der Waals surface area contributed by atoms with E-state index in [1.165, 1.54) is 7.11 Å². The second-order valence-electron chi connectivity index (χ2n) is 13.8. The average molecular weight is 762 g/mol. The van der Waals surface area contributed by atoms with Gasteiger partial charge < -0.3 is 25.0 Å². The number of alkyl halides is 4. The fraction of sp³-hybridized carbons (Fsp3) is 0.500. The first kappa shape index (κ1) is 36.9. The van der Waals surface area contributed by atoms with Gasteiger partial charge in [-0.15, -0.1) is 11.3 Å². The largest absolute Gasteiger partial charge is 0.461 e. The second-order valence-corrected chi connectivity index (χ2v) is 14.9. The van der Waals surface area contributed by atoms with Crippen molar-refractivity contribution in [3.05, 3.63) is 41.0 Å². The topological polar surface area (TPSA) is 121 Å². The Morgan fingerprint density at radius 1 is 1.25 bits per heavy atom. The third-order valence-electron chi connectivity index (χ3n) is 10.9. The Kier molecular flexibility index (Phi) is 9.61. The lowest BCUT2D eigenvalue weighted by molar-refractivity contribution is -0.140. The number of benzene rings is 2. The van der Waals surface area contributed by atoms with E-state index in [1.54, 1.807) is 23.6 Å². The minimum atomic E-state index is -5.13. The van der Waals surface area contributed by atoms with Crippen LogP contribution in [0.1, 0.15) is 50.7 Å². The van der Waals surface area contributed by atoms with Crippen LogP contribution in [0.25, 0.3) is 32.1 Å². The number of methoxy groups -OCH3 is 1. The third-order valence-corrected chi connectivity index (χ3v) is 11.9. The fourth-order valence-electron chi connectivity index (χ4n) is 8.25. The predicted octanol–water partition coefficient (Wildman–Crippen LogP) is 6.68. The van der Waals surface area contributed by atoms with Crippen molar-refractivity contribution in [2.24, 2.45) is 0 Å². The number of nitrogen functional groups attached to an aromatic ring is 1. The number of likely N-dealkylation sites (N-methyl/N-ethyl adjacent to an activating group) is 1. The van der Waals surface area contributed by atoms with Crippen molar-refractivity contribution in [3.63, 3.8) is 0 Å². The average Bonchev–Trinajstić information content (AvgIpc) is 3.90. The molecule has 0 aliphatic carbocycles. The van der Waals surface area contributed by atoms with Gasteiger partial charge in [0.15, 0.2) is 5.82 Å². The molecule has 4 atom stereocenters. The van der Waals surface area contributed by atoms with Gasteiger partial charge >= 0.3 is 12.2 Å². The number of nitrogens with two attached hydrogens (primary N) is 1. The SMILES string of the molecule is CCN(c1nc(OCC23CCCN2CC(F)C3)nc2c(F)c(-c3ccc(F)c4sc(N)c(C#N)c34)c(C(F)(F)F)cc12)C1CCN(C(=O)C(C)OC)C1. The Balaban J connectivity index is 1.43. The van der Waals surface area contributed by atoms with Crippen LogP contribution in [-0.2, 0) is 15.7 Å². The summed E-state index contributed by atoms with van der Waals surface area (Å²) in [5.74, 6) is -2.51. The number of anilines is 2. The molecule has 0 spiro atoms. The van der Waals surface area contributed by atoms with Crippen molar-refractivity contribution >= 4 is 49.1 Å². The number of hydrogen-bond donors (Lipinski definition) is 1. The highest BCUT2D eigenvalue weighted by Crippen LogP contribution is 2.48. The standard InChI is InChI=1S/C36H37F6N7O3S/c1-4-49(20-8-11-47(16-20)33(50)18(2)51-3)32-22-12-24(36(40,41)42)27(21-6-7-25(38)30-26(21)23(14-43)31(44)53-30)28(39)29(22)45-34(46-32)52-17-35-9-5-10-48(35)15-19(37)13-35/h6-7,12,18-20H,4-5,8-11,13,15-17,44H2,1-3H3. The molecular formula is C36H37F6N7O3S. The molecule has 0 saturated carbocycles. The summed E-state index contributed by atoms with van der Waals surface area (Å²) < 4.78 is 103. The van der Waals surface area contributed by atoms with Crippen molar-refractivity contribution in [2.75, 3.05) is 57.1 Å². The normalized spacial score (nSPS) is 22.5. The number of hydrogen-bond acceptors (Lipinski definition) is 10. The van der Waals surface area contributed by atoms with Gasteiger partial charge in [0.25, 0.3) is 5.91 Å². The highest BCUT2D eigenvalue weighted by molar-refractivity contribution is 7.23. The van der Waals surface area contributed by atoms with Crippen molar-refractivity contribution in [1.82, 2.24) is 19.8 Å². The zero-order chi connectivity index (χ0) is 38.0. The van der Waals surface area contributed by atoms with Crippen LogP contribution in [0.2, 0.25) is 0 Å². The maximum absolute atomic E-state index is 17.2. The molecule has 282 valence electrons. The van der Waals surface area contributed by atoms with E-state index in [0.717, 1.165) is 24.6 Å². The number of halogens is 6. The molecule has 10 nitrogen and oxygen atoms in total. The summed E-state index contributed by atoms with van der Waals surface area (Å²) >= 11 is 0.676. The molecule has 7 rings (SSSR count). The van der Waals surface area contributed by atoms with Gasteiger partial charge in [0.1, 0.15) is 47.1 Å². The van der Waals surface area contributed by atoms with Crippen LogP contribution in [-0.4, -0.2) is 96.0 Å². The van der Waals surface area contributed by atoms with Gasteiger partial charge in [0.2, 0.25) is 0 Å². The summed E-state index contributed by atoms with van der Waals surface area (Å²) in [4.78, 5) is 27.2. The third kappa shape index (κ3) is 6.27. The van der Waals surface area contributed by atoms with Crippen LogP contribution in [0.3, 0.4) is 0 Å². The van der Waals surface area contributed by atoms with Crippen LogP contribution in [0, 0.1) is 23.0 Å². The van der Waals surface area contributed by atoms with Crippen LogP contribution in [0.5, 0.6) is 6.01 Å². The Labute approximate surface area is 305 Å². The van der Waals surface area contributed by atoms with Gasteiger partial charge in [0, 0.05) is 62.1 Å². The van der Waals surface area contributed by atoms with Gasteiger partial charge in [-0.1, -0.05) is 6.07 Å². The lowest BCUT2D eigenvalue weighted by atomic mass is 9.92. The molecule has 3 saturated heterocycles. The molecule has 3 aliphatic rings. The van der Waals surface area contributed by atoms with E-state index >= 15 is 17.6 Å². The summed E-state index contributed by atoms with van der Waals surface area (Å²) in [7, 11) is 1.42. The van der Waals surface area contributed by atoms with Gasteiger partial charge in [0.05, 0.1) is 21.4 Å². The smallest absolute Gasteiger partial charge is 0.417 e. The minimum Gasteiger partial charge on any atom is -0.461 e. The molecular weight excluding hydrogens is 724 g/mol. The Morgan fingerprint density at radius 2 is 2.02 bits per heavy atom. The molecule has 2 N–H and O–H groups in total. The summed E-state index contributed by atoms with van der Waals surface area (Å²) in [6.07, 6.45) is -4.77. The first-order valence-electron chi connectivity index (χ1n) is 17.3. The van der Waals surface area contributed by atoms with E-state index in [-0.39, 0.29) is 82.0 Å². The van der Waals surface area contributed by atoms with Crippen LogP contribution >= 0.6 is 11.3 Å². The molecule has 0 radical (unpaired) electrons. The molecule has 17 heteroatoms. The molecule has 3 fully saturated rings. The van der Waals surface area contributed by atoms with E-state index in [0.29, 0.717) is 37.3 Å². The maximum atomic E-state index is 17.2. The fourth-order valence-corrected chi connectivity index (χ4v) is 9.20. The number of aromatic nitrogens is 2. The lowest BCUT2D eigenvalue weighted by Crippen LogP contribution is -2.43. The van der Waals surface area contributed by atoms with Crippen LogP contribution in [0.4, 0.5) is 37.2 Å². The number of fused-ring (bicyclic) bond motifs is 3. The Hall–Kier alpha value is -4.40. The number of likely N-dealkylation sites (tertiary alicyclic amines) is 1. The Bertz CT molecular complexity index is 2140. The lowest BCUT2D eigenvalue weighted by Gasteiger charge is -2.32. The molecule has 1 amide bonds. The van der Waals surface area contributed by atoms with E-state index in [1.807, 2.05) is 11.0 Å². The van der Waals surface area contributed by atoms with Crippen molar-refractivity contribution in [3.8, 4) is 23.2 Å². The summed E-state index contributed by atoms with van der Waals surface area (Å²) in [5.41, 5.74) is 1.85. The molecule has 5 heterocycles. The number of ether oxygens (including phenoxy) is 2. The molecule has 2 aromatic carbocycles. The summed E-state index contributed by atoms with van der Waals surface area (Å²) in [6.45, 7) is 5.04. The number of rotatable bonds is 9. The van der Waals surface area contributed by atoms with Gasteiger partial charge in [-0.3, -0.25) is 9.69 Å². The van der Waals surface area contributed by atoms with E-state index < -0.39 is 58.3 Å². The molecule has 0 bridgehead atoms. The van der Waals surface area contributed by atoms with Gasteiger partial charge in [-0.05, 0) is 57.4 Å². The van der Waals surface area contributed by atoms with Crippen LogP contribution < -0.4 is 15.4 Å². The number of nitrogens with zero attached hydrogens (tertiary/aromatic N) is 6. The highest BCUT2D eigenvalue weighted by Gasteiger charge is 2.49. The first-order chi connectivity index (χ1) is 25.2. The monoisotopic (exact) mass is 761 g/mol. The molecule has 53 heavy (non-hydrogen) atoms. The highest BCUT2D eigenvalue weighted by atomic mass is 32.1. The van der Waals surface area contributed by atoms with Gasteiger partial charge in [-0.25, -0.2) is 13.2 Å². The zero-order valence-corrected chi connectivity index (χ0v) is 30.0. The predicted molar refractivity (Wildman–Crippen MR) is 187 cm³/mol. The first-order valence-corrected chi connectivity index (χ1v) is 18.2. The van der Waals surface area contributed by atoms with Crippen molar-refractivity contribution in [2.45, 2.75) is 69.6 Å². The summed E-state index contributed by atoms with van der Waals surface area (Å²) in [6, 6.07) is 3.74. The van der Waals surface area contributed by atoms with Crippen molar-refractivity contribution in [1.29, 1.82) is 5.26 Å². The molecule has 3 aliphatic heterocycles. The van der Waals surface area contributed by atoms with E-state index in [4.69, 9.17) is 15.2 Å². The zero-order valence-electron chi connectivity index (χ0n) is 29.2. The summed E-state index contributed by atoms with van der Waals surface area (Å²) in [5, 5.41) is 9.22. The number of thiophene rings is 1. The Morgan fingerprint density at radius 3 is 2.72 bits per heavy atom. The van der Waals surface area contributed by atoms with Crippen molar-refractivity contribution < 1.29 is 40.6 Å².